The Morgan fingerprint density at radius 3 is 2.82 bits per heavy atom. The lowest BCUT2D eigenvalue weighted by Gasteiger charge is -2.27. The van der Waals surface area contributed by atoms with Crippen molar-refractivity contribution in [3.05, 3.63) is 35.4 Å². The van der Waals surface area contributed by atoms with Gasteiger partial charge in [-0.05, 0) is 52.7 Å². The molecule has 1 saturated heterocycles. The van der Waals surface area contributed by atoms with Crippen molar-refractivity contribution in [3.63, 3.8) is 0 Å². The number of amides is 2. The lowest BCUT2D eigenvalue weighted by molar-refractivity contribution is -0.125. The molecule has 28 heavy (non-hydrogen) atoms. The zero-order valence-electron chi connectivity index (χ0n) is 16.8. The number of likely N-dealkylation sites (tertiary alicyclic amines) is 1. The summed E-state index contributed by atoms with van der Waals surface area (Å²) in [5.41, 5.74) is 3.78. The second-order valence-electron chi connectivity index (χ2n) is 8.01. The van der Waals surface area contributed by atoms with Crippen LogP contribution in [0.3, 0.4) is 0 Å². The van der Waals surface area contributed by atoms with Gasteiger partial charge in [0.05, 0.1) is 6.21 Å². The molecule has 0 aliphatic carbocycles. The lowest BCUT2D eigenvalue weighted by atomic mass is 10.0. The number of carbonyl (C=O) groups is 2. The highest BCUT2D eigenvalue weighted by atomic mass is 16.6. The van der Waals surface area contributed by atoms with Crippen LogP contribution in [0.1, 0.15) is 46.1 Å². The Morgan fingerprint density at radius 2 is 2.07 bits per heavy atom. The summed E-state index contributed by atoms with van der Waals surface area (Å²) in [5, 5.41) is 4.08. The van der Waals surface area contributed by atoms with Gasteiger partial charge in [0.1, 0.15) is 23.5 Å². The van der Waals surface area contributed by atoms with Gasteiger partial charge in [0, 0.05) is 17.7 Å². The fraction of sp³-hybridized carbons (Fsp3) is 0.476. The summed E-state index contributed by atoms with van der Waals surface area (Å²) in [4.78, 5) is 26.3. The molecule has 2 aliphatic heterocycles. The topological polar surface area (TPSA) is 80.2 Å². The third-order valence-corrected chi connectivity index (χ3v) is 4.59. The van der Waals surface area contributed by atoms with Crippen LogP contribution >= 0.6 is 0 Å². The maximum Gasteiger partial charge on any atom is 0.410 e. The van der Waals surface area contributed by atoms with Gasteiger partial charge in [0.25, 0.3) is 5.91 Å². The summed E-state index contributed by atoms with van der Waals surface area (Å²) in [6.45, 7) is 7.85. The number of carbonyl (C=O) groups excluding carboxylic acids is 2. The van der Waals surface area contributed by atoms with Crippen LogP contribution in [0, 0.1) is 0 Å². The predicted octanol–water partition coefficient (Wildman–Crippen LogP) is 3.35. The molecular weight excluding hydrogens is 358 g/mol. The monoisotopic (exact) mass is 385 g/mol. The molecule has 0 unspecified atom stereocenters. The number of rotatable bonds is 3. The number of para-hydroxylation sites is 1. The van der Waals surface area contributed by atoms with Gasteiger partial charge >= 0.3 is 6.09 Å². The molecule has 0 spiro atoms. The largest absolute Gasteiger partial charge is 0.485 e. The van der Waals surface area contributed by atoms with Crippen LogP contribution in [0.15, 0.2) is 34.9 Å². The predicted molar refractivity (Wildman–Crippen MR) is 107 cm³/mol. The summed E-state index contributed by atoms with van der Waals surface area (Å²) in [6.07, 6.45) is 4.29. The van der Waals surface area contributed by atoms with Crippen LogP contribution in [0.4, 0.5) is 4.79 Å². The van der Waals surface area contributed by atoms with E-state index in [1.807, 2.05) is 37.3 Å². The fourth-order valence-corrected chi connectivity index (χ4v) is 3.23. The minimum atomic E-state index is -0.598. The molecule has 1 fully saturated rings. The number of fused-ring (bicyclic) bond motifs is 1. The first-order valence-electron chi connectivity index (χ1n) is 9.54. The summed E-state index contributed by atoms with van der Waals surface area (Å²) in [6, 6.07) is 7.18. The van der Waals surface area contributed by atoms with Gasteiger partial charge in [-0.2, -0.15) is 5.10 Å². The quantitative estimate of drug-likeness (QED) is 0.639. The summed E-state index contributed by atoms with van der Waals surface area (Å²) in [5.74, 6) is 0.514. The van der Waals surface area contributed by atoms with Crippen molar-refractivity contribution in [2.24, 2.45) is 5.10 Å². The Hall–Kier alpha value is -2.83. The van der Waals surface area contributed by atoms with E-state index in [2.05, 4.69) is 10.5 Å². The Labute approximate surface area is 165 Å². The van der Waals surface area contributed by atoms with Gasteiger partial charge in [-0.3, -0.25) is 9.69 Å². The number of hydrogen-bond donors (Lipinski definition) is 1. The molecule has 0 saturated carbocycles. The number of nitrogens with one attached hydrogen (secondary N) is 1. The highest BCUT2D eigenvalue weighted by Crippen LogP contribution is 2.28. The van der Waals surface area contributed by atoms with E-state index in [1.54, 1.807) is 27.0 Å². The minimum absolute atomic E-state index is 0.166. The smallest absolute Gasteiger partial charge is 0.410 e. The minimum Gasteiger partial charge on any atom is -0.485 e. The molecule has 0 bridgehead atoms. The molecule has 0 radical (unpaired) electrons. The molecular formula is C21H27N3O4. The van der Waals surface area contributed by atoms with Crippen LogP contribution in [-0.2, 0) is 9.53 Å². The standard InChI is InChI=1S/C21H27N3O4/c1-14-16(12-15-8-5-6-10-18(15)27-14)13-22-23-19(25)17-9-7-11-24(17)20(26)28-21(2,3)4/h5-6,8,10,12-14,17H,7,9,11H2,1-4H3,(H,23,25)/b22-13-/t14-,17-/m1/s1. The fourth-order valence-electron chi connectivity index (χ4n) is 3.23. The van der Waals surface area contributed by atoms with Gasteiger partial charge < -0.3 is 9.47 Å². The van der Waals surface area contributed by atoms with E-state index in [1.165, 1.54) is 4.90 Å². The van der Waals surface area contributed by atoms with E-state index in [-0.39, 0.29) is 12.0 Å². The van der Waals surface area contributed by atoms with E-state index in [4.69, 9.17) is 9.47 Å². The highest BCUT2D eigenvalue weighted by molar-refractivity contribution is 5.91. The van der Waals surface area contributed by atoms with E-state index in [0.29, 0.717) is 13.0 Å². The SMILES string of the molecule is C[C@H]1Oc2ccccc2C=C1/C=N\NC(=O)[C@H]1CCCN1C(=O)OC(C)(C)C. The van der Waals surface area contributed by atoms with Crippen molar-refractivity contribution >= 4 is 24.3 Å². The van der Waals surface area contributed by atoms with Crippen molar-refractivity contribution in [1.82, 2.24) is 10.3 Å². The van der Waals surface area contributed by atoms with Gasteiger partial charge in [-0.25, -0.2) is 10.2 Å². The molecule has 150 valence electrons. The third kappa shape index (κ3) is 4.71. The van der Waals surface area contributed by atoms with Crippen LogP contribution in [0.5, 0.6) is 5.75 Å². The molecule has 7 nitrogen and oxygen atoms in total. The number of hydrazone groups is 1. The zero-order valence-corrected chi connectivity index (χ0v) is 16.8. The molecule has 2 atom stereocenters. The molecule has 3 rings (SSSR count). The van der Waals surface area contributed by atoms with Crippen LogP contribution in [0.2, 0.25) is 0 Å². The maximum absolute atomic E-state index is 12.5. The van der Waals surface area contributed by atoms with Crippen LogP contribution in [0.25, 0.3) is 6.08 Å². The molecule has 0 aromatic heterocycles. The second-order valence-corrected chi connectivity index (χ2v) is 8.01. The Kier molecular flexibility index (Phi) is 5.72. The van der Waals surface area contributed by atoms with Crippen molar-refractivity contribution in [3.8, 4) is 5.75 Å². The van der Waals surface area contributed by atoms with E-state index in [9.17, 15) is 9.59 Å². The summed E-state index contributed by atoms with van der Waals surface area (Å²) in [7, 11) is 0. The molecule has 1 N–H and O–H groups in total. The van der Waals surface area contributed by atoms with E-state index >= 15 is 0 Å². The third-order valence-electron chi connectivity index (χ3n) is 4.59. The molecule has 2 heterocycles. The average Bonchev–Trinajstić information content (AvgIpc) is 3.10. The number of benzene rings is 1. The molecule has 2 aliphatic rings. The summed E-state index contributed by atoms with van der Waals surface area (Å²) >= 11 is 0. The molecule has 2 amide bonds. The molecule has 1 aromatic carbocycles. The Balaban J connectivity index is 1.62. The van der Waals surface area contributed by atoms with Gasteiger partial charge in [-0.15, -0.1) is 0 Å². The number of hydrogen-bond acceptors (Lipinski definition) is 5. The molecule has 7 heteroatoms. The first-order chi connectivity index (χ1) is 13.2. The van der Waals surface area contributed by atoms with Crippen molar-refractivity contribution in [2.75, 3.05) is 6.54 Å². The number of nitrogens with zero attached hydrogens (tertiary/aromatic N) is 2. The van der Waals surface area contributed by atoms with Crippen molar-refractivity contribution < 1.29 is 19.1 Å². The van der Waals surface area contributed by atoms with Crippen molar-refractivity contribution in [2.45, 2.75) is 58.3 Å². The lowest BCUT2D eigenvalue weighted by Crippen LogP contribution is -2.46. The van der Waals surface area contributed by atoms with E-state index in [0.717, 1.165) is 23.3 Å². The zero-order chi connectivity index (χ0) is 20.3. The molecule has 1 aromatic rings. The maximum atomic E-state index is 12.5. The van der Waals surface area contributed by atoms with Gasteiger partial charge in [-0.1, -0.05) is 18.2 Å². The first-order valence-corrected chi connectivity index (χ1v) is 9.54. The summed E-state index contributed by atoms with van der Waals surface area (Å²) < 4.78 is 11.2. The van der Waals surface area contributed by atoms with E-state index < -0.39 is 17.7 Å². The first kappa shape index (κ1) is 19.9. The number of ether oxygens (including phenoxy) is 2. The second kappa shape index (κ2) is 8.04. The van der Waals surface area contributed by atoms with Gasteiger partial charge in [0.15, 0.2) is 0 Å². The normalized spacial score (nSPS) is 21.7. The highest BCUT2D eigenvalue weighted by Gasteiger charge is 2.36. The van der Waals surface area contributed by atoms with Crippen LogP contribution < -0.4 is 10.2 Å². The van der Waals surface area contributed by atoms with Crippen LogP contribution in [-0.4, -0.2) is 47.4 Å². The van der Waals surface area contributed by atoms with Gasteiger partial charge in [0.2, 0.25) is 0 Å². The Morgan fingerprint density at radius 1 is 1.32 bits per heavy atom. The average molecular weight is 385 g/mol. The van der Waals surface area contributed by atoms with Crippen molar-refractivity contribution in [1.29, 1.82) is 0 Å². The Bertz CT molecular complexity index is 810.